The van der Waals surface area contributed by atoms with Crippen molar-refractivity contribution in [3.8, 4) is 0 Å². The number of ether oxygens (including phenoxy) is 1. The van der Waals surface area contributed by atoms with Crippen LogP contribution in [0.15, 0.2) is 18.2 Å². The van der Waals surface area contributed by atoms with Gasteiger partial charge >= 0.3 is 0 Å². The molecule has 0 radical (unpaired) electrons. The topological polar surface area (TPSA) is 35.2 Å². The van der Waals surface area contributed by atoms with Crippen LogP contribution >= 0.6 is 11.6 Å². The van der Waals surface area contributed by atoms with Gasteiger partial charge in [-0.2, -0.15) is 0 Å². The summed E-state index contributed by atoms with van der Waals surface area (Å²) in [5.41, 5.74) is 8.50. The first-order valence-electron chi connectivity index (χ1n) is 6.22. The van der Waals surface area contributed by atoms with Crippen LogP contribution in [-0.2, 0) is 16.9 Å². The Morgan fingerprint density at radius 2 is 2.00 bits per heavy atom. The van der Waals surface area contributed by atoms with Gasteiger partial charge < -0.3 is 10.5 Å². The monoisotopic (exact) mass is 253 g/mol. The smallest absolute Gasteiger partial charge is 0.0727 e. The summed E-state index contributed by atoms with van der Waals surface area (Å²) in [6, 6.07) is 6.15. The largest absolute Gasteiger partial charge is 0.380 e. The van der Waals surface area contributed by atoms with Crippen molar-refractivity contribution in [3.63, 3.8) is 0 Å². The first-order valence-corrected chi connectivity index (χ1v) is 6.60. The van der Waals surface area contributed by atoms with Crippen LogP contribution in [0.2, 0.25) is 5.02 Å². The molecule has 2 nitrogen and oxygen atoms in total. The summed E-state index contributed by atoms with van der Waals surface area (Å²) in [7, 11) is 1.68. The Bertz CT molecular complexity index is 386. The Morgan fingerprint density at radius 3 is 2.59 bits per heavy atom. The summed E-state index contributed by atoms with van der Waals surface area (Å²) in [5, 5.41) is 0.764. The summed E-state index contributed by atoms with van der Waals surface area (Å²) >= 11 is 6.25. The molecule has 1 saturated carbocycles. The van der Waals surface area contributed by atoms with Crippen LogP contribution in [-0.4, -0.2) is 7.11 Å². The average Bonchev–Trinajstić information content (AvgIpc) is 2.33. The van der Waals surface area contributed by atoms with E-state index in [2.05, 4.69) is 6.07 Å². The van der Waals surface area contributed by atoms with Crippen molar-refractivity contribution < 1.29 is 4.74 Å². The Hall–Kier alpha value is -0.570. The van der Waals surface area contributed by atoms with Gasteiger partial charge in [0.15, 0.2) is 0 Å². The van der Waals surface area contributed by atoms with Gasteiger partial charge in [-0.05, 0) is 30.0 Å². The molecule has 0 aliphatic heterocycles. The molecule has 1 aromatic carbocycles. The predicted molar refractivity (Wildman–Crippen MR) is 71.1 cm³/mol. The number of rotatable bonds is 3. The summed E-state index contributed by atoms with van der Waals surface area (Å²) in [5.74, 6) is 0. The minimum Gasteiger partial charge on any atom is -0.380 e. The van der Waals surface area contributed by atoms with Crippen LogP contribution in [0.5, 0.6) is 0 Å². The molecule has 1 aromatic rings. The molecule has 1 aliphatic rings. The molecule has 17 heavy (non-hydrogen) atoms. The number of hydrogen-bond donors (Lipinski definition) is 1. The third kappa shape index (κ3) is 2.82. The highest BCUT2D eigenvalue weighted by molar-refractivity contribution is 6.31. The minimum atomic E-state index is -0.173. The van der Waals surface area contributed by atoms with Crippen molar-refractivity contribution in [2.75, 3.05) is 7.11 Å². The lowest BCUT2D eigenvalue weighted by molar-refractivity contribution is 0.185. The van der Waals surface area contributed by atoms with Gasteiger partial charge in [0.05, 0.1) is 6.61 Å². The number of benzene rings is 1. The van der Waals surface area contributed by atoms with Gasteiger partial charge in [-0.15, -0.1) is 0 Å². The second kappa shape index (κ2) is 5.38. The third-order valence-electron chi connectivity index (χ3n) is 3.67. The molecule has 0 saturated heterocycles. The molecule has 0 aromatic heterocycles. The van der Waals surface area contributed by atoms with Crippen molar-refractivity contribution in [2.45, 2.75) is 44.2 Å². The molecule has 0 amide bonds. The molecule has 94 valence electrons. The fourth-order valence-electron chi connectivity index (χ4n) is 2.60. The van der Waals surface area contributed by atoms with Gasteiger partial charge in [-0.1, -0.05) is 43.0 Å². The van der Waals surface area contributed by atoms with Crippen LogP contribution in [0.25, 0.3) is 0 Å². The highest BCUT2D eigenvalue weighted by atomic mass is 35.5. The fourth-order valence-corrected chi connectivity index (χ4v) is 2.84. The first kappa shape index (κ1) is 12.9. The van der Waals surface area contributed by atoms with Crippen molar-refractivity contribution >= 4 is 11.6 Å². The lowest BCUT2D eigenvalue weighted by Crippen LogP contribution is -2.38. The first-order chi connectivity index (χ1) is 8.15. The SMILES string of the molecule is COCc1ccc(C2(N)CCCCC2)cc1Cl. The Labute approximate surface area is 108 Å². The maximum atomic E-state index is 6.48. The molecule has 1 aliphatic carbocycles. The van der Waals surface area contributed by atoms with Gasteiger partial charge in [0.2, 0.25) is 0 Å². The van der Waals surface area contributed by atoms with Crippen LogP contribution in [0.1, 0.15) is 43.2 Å². The highest BCUT2D eigenvalue weighted by Crippen LogP contribution is 2.36. The number of hydrogen-bond acceptors (Lipinski definition) is 2. The minimum absolute atomic E-state index is 0.173. The van der Waals surface area contributed by atoms with E-state index < -0.39 is 0 Å². The zero-order valence-electron chi connectivity index (χ0n) is 10.3. The molecule has 0 atom stereocenters. The molecule has 2 N–H and O–H groups in total. The Kier molecular flexibility index (Phi) is 4.08. The number of nitrogens with two attached hydrogens (primary N) is 1. The van der Waals surface area contributed by atoms with Gasteiger partial charge in [-0.25, -0.2) is 0 Å². The van der Waals surface area contributed by atoms with Crippen LogP contribution in [0.4, 0.5) is 0 Å². The van der Waals surface area contributed by atoms with Crippen LogP contribution < -0.4 is 5.73 Å². The molecule has 0 bridgehead atoms. The average molecular weight is 254 g/mol. The second-order valence-corrected chi connectivity index (χ2v) is 5.36. The summed E-state index contributed by atoms with van der Waals surface area (Å²) < 4.78 is 5.10. The predicted octanol–water partition coefficient (Wildman–Crippen LogP) is 3.60. The molecular weight excluding hydrogens is 234 g/mol. The zero-order chi connectivity index (χ0) is 12.3. The van der Waals surface area contributed by atoms with E-state index in [0.29, 0.717) is 6.61 Å². The van der Waals surface area contributed by atoms with Crippen LogP contribution in [0, 0.1) is 0 Å². The van der Waals surface area contributed by atoms with Crippen LogP contribution in [0.3, 0.4) is 0 Å². The summed E-state index contributed by atoms with van der Waals surface area (Å²) in [6.07, 6.45) is 5.86. The molecule has 0 heterocycles. The van der Waals surface area contributed by atoms with Gasteiger partial charge in [-0.3, -0.25) is 0 Å². The maximum absolute atomic E-state index is 6.48. The highest BCUT2D eigenvalue weighted by Gasteiger charge is 2.29. The van der Waals surface area contributed by atoms with E-state index >= 15 is 0 Å². The van der Waals surface area contributed by atoms with Crippen molar-refractivity contribution in [1.82, 2.24) is 0 Å². The quantitative estimate of drug-likeness (QED) is 0.893. The van der Waals surface area contributed by atoms with E-state index in [9.17, 15) is 0 Å². The lowest BCUT2D eigenvalue weighted by atomic mass is 9.77. The van der Waals surface area contributed by atoms with E-state index in [4.69, 9.17) is 22.1 Å². The van der Waals surface area contributed by atoms with E-state index in [-0.39, 0.29) is 5.54 Å². The van der Waals surface area contributed by atoms with Gasteiger partial charge in [0.25, 0.3) is 0 Å². The van der Waals surface area contributed by atoms with Crippen molar-refractivity contribution in [3.05, 3.63) is 34.3 Å². The van der Waals surface area contributed by atoms with E-state index in [1.54, 1.807) is 7.11 Å². The van der Waals surface area contributed by atoms with Crippen molar-refractivity contribution in [1.29, 1.82) is 0 Å². The summed E-state index contributed by atoms with van der Waals surface area (Å²) in [4.78, 5) is 0. The zero-order valence-corrected chi connectivity index (χ0v) is 11.1. The maximum Gasteiger partial charge on any atom is 0.0727 e. The fraction of sp³-hybridized carbons (Fsp3) is 0.571. The Balaban J connectivity index is 2.24. The molecule has 2 rings (SSSR count). The molecular formula is C14H20ClNO. The third-order valence-corrected chi connectivity index (χ3v) is 4.03. The molecule has 3 heteroatoms. The van der Waals surface area contributed by atoms with Gasteiger partial charge in [0.1, 0.15) is 0 Å². The lowest BCUT2D eigenvalue weighted by Gasteiger charge is -2.34. The normalized spacial score (nSPS) is 19.2. The van der Waals surface area contributed by atoms with Crippen molar-refractivity contribution in [2.24, 2.45) is 5.73 Å². The van der Waals surface area contributed by atoms with E-state index in [0.717, 1.165) is 23.4 Å². The van der Waals surface area contributed by atoms with E-state index in [1.165, 1.54) is 24.8 Å². The van der Waals surface area contributed by atoms with Gasteiger partial charge in [0, 0.05) is 17.7 Å². The number of methoxy groups -OCH3 is 1. The molecule has 0 unspecified atom stereocenters. The van der Waals surface area contributed by atoms with E-state index in [1.807, 2.05) is 12.1 Å². The number of halogens is 1. The second-order valence-electron chi connectivity index (χ2n) is 4.96. The molecule has 1 fully saturated rings. The summed E-state index contributed by atoms with van der Waals surface area (Å²) in [6.45, 7) is 0.552. The molecule has 0 spiro atoms. The Morgan fingerprint density at radius 1 is 1.29 bits per heavy atom. The standard InChI is InChI=1S/C14H20ClNO/c1-17-10-11-5-6-12(9-13(11)15)14(16)7-3-2-4-8-14/h5-6,9H,2-4,7-8,10,16H2,1H3.